The summed E-state index contributed by atoms with van der Waals surface area (Å²) in [6, 6.07) is 8.66. The molecule has 0 heterocycles. The SMILES string of the molecule is O=C(c1ccc(I)cc1)c1c(F)cc(Br)cc1F. The molecule has 0 radical (unpaired) electrons. The lowest BCUT2D eigenvalue weighted by Crippen LogP contribution is -2.07. The van der Waals surface area contributed by atoms with E-state index in [0.29, 0.717) is 0 Å². The van der Waals surface area contributed by atoms with Crippen LogP contribution in [-0.2, 0) is 0 Å². The molecule has 0 saturated carbocycles. The van der Waals surface area contributed by atoms with Crippen molar-refractivity contribution in [2.45, 2.75) is 0 Å². The van der Waals surface area contributed by atoms with E-state index in [4.69, 9.17) is 0 Å². The van der Waals surface area contributed by atoms with Gasteiger partial charge in [0.05, 0.1) is 5.56 Å². The van der Waals surface area contributed by atoms with Crippen molar-refractivity contribution in [3.8, 4) is 0 Å². The van der Waals surface area contributed by atoms with E-state index in [0.717, 1.165) is 15.7 Å². The summed E-state index contributed by atoms with van der Waals surface area (Å²) in [6.45, 7) is 0. The van der Waals surface area contributed by atoms with Gasteiger partial charge >= 0.3 is 0 Å². The van der Waals surface area contributed by atoms with Crippen LogP contribution in [0, 0.1) is 15.2 Å². The van der Waals surface area contributed by atoms with Crippen molar-refractivity contribution in [3.63, 3.8) is 0 Å². The van der Waals surface area contributed by atoms with Crippen LogP contribution in [-0.4, -0.2) is 5.78 Å². The Kier molecular flexibility index (Phi) is 4.11. The number of halogens is 4. The van der Waals surface area contributed by atoms with Crippen LogP contribution in [0.2, 0.25) is 0 Å². The Morgan fingerprint density at radius 1 is 1.06 bits per heavy atom. The molecule has 0 saturated heterocycles. The van der Waals surface area contributed by atoms with Gasteiger partial charge in [-0.2, -0.15) is 0 Å². The van der Waals surface area contributed by atoms with Crippen LogP contribution in [0.1, 0.15) is 15.9 Å². The molecule has 0 aliphatic rings. The Balaban J connectivity index is 2.49. The van der Waals surface area contributed by atoms with Crippen LogP contribution in [0.15, 0.2) is 40.9 Å². The molecule has 18 heavy (non-hydrogen) atoms. The molecule has 5 heteroatoms. The molecule has 0 aliphatic carbocycles. The molecule has 0 spiro atoms. The van der Waals surface area contributed by atoms with Crippen molar-refractivity contribution in [2.24, 2.45) is 0 Å². The maximum atomic E-state index is 13.6. The van der Waals surface area contributed by atoms with Gasteiger partial charge < -0.3 is 0 Å². The first-order valence-corrected chi connectivity index (χ1v) is 6.81. The lowest BCUT2D eigenvalue weighted by atomic mass is 10.0. The minimum atomic E-state index is -0.870. The fraction of sp³-hybridized carbons (Fsp3) is 0. The first-order valence-electron chi connectivity index (χ1n) is 4.94. The molecule has 0 unspecified atom stereocenters. The highest BCUT2D eigenvalue weighted by atomic mass is 127. The van der Waals surface area contributed by atoms with Gasteiger partial charge in [-0.1, -0.05) is 15.9 Å². The van der Waals surface area contributed by atoms with Gasteiger partial charge in [0, 0.05) is 13.6 Å². The molecular weight excluding hydrogens is 417 g/mol. The molecule has 2 aromatic carbocycles. The third-order valence-corrected chi connectivity index (χ3v) is 3.52. The molecule has 0 bridgehead atoms. The number of carbonyl (C=O) groups is 1. The molecule has 0 atom stereocenters. The summed E-state index contributed by atoms with van der Waals surface area (Å²) in [4.78, 5) is 12.0. The number of ketones is 1. The van der Waals surface area contributed by atoms with Crippen LogP contribution < -0.4 is 0 Å². The van der Waals surface area contributed by atoms with Crippen LogP contribution in [0.25, 0.3) is 0 Å². The van der Waals surface area contributed by atoms with Crippen molar-refractivity contribution in [1.82, 2.24) is 0 Å². The van der Waals surface area contributed by atoms with Crippen molar-refractivity contribution in [1.29, 1.82) is 0 Å². The average molecular weight is 423 g/mol. The van der Waals surface area contributed by atoms with Gasteiger partial charge in [0.2, 0.25) is 0 Å². The van der Waals surface area contributed by atoms with Gasteiger partial charge in [-0.15, -0.1) is 0 Å². The third kappa shape index (κ3) is 2.77. The number of carbonyl (C=O) groups excluding carboxylic acids is 1. The molecular formula is C13H6BrF2IO. The molecule has 0 N–H and O–H groups in total. The zero-order valence-corrected chi connectivity index (χ0v) is 12.6. The van der Waals surface area contributed by atoms with Gasteiger partial charge in [-0.25, -0.2) is 8.78 Å². The highest BCUT2D eigenvalue weighted by molar-refractivity contribution is 14.1. The van der Waals surface area contributed by atoms with E-state index in [2.05, 4.69) is 38.5 Å². The van der Waals surface area contributed by atoms with Crippen LogP contribution in [0.4, 0.5) is 8.78 Å². The lowest BCUT2D eigenvalue weighted by Gasteiger charge is -2.05. The molecule has 2 aromatic rings. The van der Waals surface area contributed by atoms with E-state index in [1.54, 1.807) is 24.3 Å². The minimum Gasteiger partial charge on any atom is -0.288 e. The monoisotopic (exact) mass is 422 g/mol. The second-order valence-corrected chi connectivity index (χ2v) is 5.74. The Morgan fingerprint density at radius 2 is 1.56 bits per heavy atom. The fourth-order valence-electron chi connectivity index (χ4n) is 1.50. The van der Waals surface area contributed by atoms with Crippen molar-refractivity contribution in [3.05, 3.63) is 67.2 Å². The molecule has 2 rings (SSSR count). The topological polar surface area (TPSA) is 17.1 Å². The lowest BCUT2D eigenvalue weighted by molar-refractivity contribution is 0.103. The Morgan fingerprint density at radius 3 is 2.06 bits per heavy atom. The quantitative estimate of drug-likeness (QED) is 0.512. The predicted octanol–water partition coefficient (Wildman–Crippen LogP) is 4.56. The smallest absolute Gasteiger partial charge is 0.198 e. The Labute approximate surface area is 124 Å². The van der Waals surface area contributed by atoms with E-state index in [1.165, 1.54) is 0 Å². The maximum absolute atomic E-state index is 13.6. The van der Waals surface area contributed by atoms with E-state index in [1.807, 2.05) is 0 Å². The molecule has 0 aromatic heterocycles. The molecule has 0 amide bonds. The van der Waals surface area contributed by atoms with Crippen LogP contribution >= 0.6 is 38.5 Å². The number of benzene rings is 2. The van der Waals surface area contributed by atoms with Crippen LogP contribution in [0.3, 0.4) is 0 Å². The largest absolute Gasteiger partial charge is 0.288 e. The van der Waals surface area contributed by atoms with Crippen molar-refractivity contribution >= 4 is 44.3 Å². The summed E-state index contributed by atoms with van der Waals surface area (Å²) in [6.07, 6.45) is 0. The fourth-order valence-corrected chi connectivity index (χ4v) is 2.27. The molecule has 0 fully saturated rings. The number of rotatable bonds is 2. The summed E-state index contributed by atoms with van der Waals surface area (Å²) < 4.78 is 28.5. The Bertz CT molecular complexity index is 588. The highest BCUT2D eigenvalue weighted by Crippen LogP contribution is 2.22. The average Bonchev–Trinajstić information content (AvgIpc) is 2.28. The summed E-state index contributed by atoms with van der Waals surface area (Å²) >= 11 is 5.06. The van der Waals surface area contributed by atoms with Gasteiger partial charge in [0.1, 0.15) is 11.6 Å². The number of hydrogen-bond donors (Lipinski definition) is 0. The van der Waals surface area contributed by atoms with Gasteiger partial charge in [-0.3, -0.25) is 4.79 Å². The summed E-state index contributed by atoms with van der Waals surface area (Å²) in [7, 11) is 0. The van der Waals surface area contributed by atoms with Crippen LogP contribution in [0.5, 0.6) is 0 Å². The predicted molar refractivity (Wildman–Crippen MR) is 76.6 cm³/mol. The maximum Gasteiger partial charge on any atom is 0.198 e. The van der Waals surface area contributed by atoms with E-state index in [-0.39, 0.29) is 10.0 Å². The highest BCUT2D eigenvalue weighted by Gasteiger charge is 2.19. The standard InChI is InChI=1S/C13H6BrF2IO/c14-8-5-10(15)12(11(16)6-8)13(18)7-1-3-9(17)4-2-7/h1-6H. The third-order valence-electron chi connectivity index (χ3n) is 2.34. The van der Waals surface area contributed by atoms with E-state index in [9.17, 15) is 13.6 Å². The summed E-state index contributed by atoms with van der Waals surface area (Å²) in [5, 5.41) is 0. The minimum absolute atomic E-state index is 0.260. The molecule has 92 valence electrons. The zero-order chi connectivity index (χ0) is 13.3. The van der Waals surface area contributed by atoms with Crippen molar-refractivity contribution in [2.75, 3.05) is 0 Å². The van der Waals surface area contributed by atoms with Gasteiger partial charge in [-0.05, 0) is 59.0 Å². The normalized spacial score (nSPS) is 10.4. The summed E-state index contributed by atoms with van der Waals surface area (Å²) in [5.74, 6) is -2.40. The molecule has 0 aliphatic heterocycles. The first kappa shape index (κ1) is 13.6. The van der Waals surface area contributed by atoms with E-state index >= 15 is 0 Å². The summed E-state index contributed by atoms with van der Waals surface area (Å²) in [5.41, 5.74) is -0.269. The molecule has 1 nitrogen and oxygen atoms in total. The zero-order valence-electron chi connectivity index (χ0n) is 8.88. The first-order chi connectivity index (χ1) is 8.49. The Hall–Kier alpha value is -0.820. The second kappa shape index (κ2) is 5.44. The van der Waals surface area contributed by atoms with Gasteiger partial charge in [0.15, 0.2) is 5.78 Å². The second-order valence-electron chi connectivity index (χ2n) is 3.58. The van der Waals surface area contributed by atoms with Gasteiger partial charge in [0.25, 0.3) is 0 Å². The van der Waals surface area contributed by atoms with E-state index < -0.39 is 23.0 Å². The van der Waals surface area contributed by atoms with Crippen molar-refractivity contribution < 1.29 is 13.6 Å². The number of hydrogen-bond acceptors (Lipinski definition) is 1.